The van der Waals surface area contributed by atoms with Crippen molar-refractivity contribution in [2.24, 2.45) is 5.92 Å². The van der Waals surface area contributed by atoms with E-state index in [2.05, 4.69) is 4.90 Å². The van der Waals surface area contributed by atoms with E-state index in [1.54, 1.807) is 7.11 Å². The van der Waals surface area contributed by atoms with E-state index < -0.39 is 0 Å². The highest BCUT2D eigenvalue weighted by Crippen LogP contribution is 2.29. The molecular formula is C15H21NO2. The number of Topliss-reactive ketones (excluding diaryl/α,β-unsaturated/α-hetero) is 1. The number of carbonyl (C=O) groups is 1. The molecule has 0 unspecified atom stereocenters. The standard InChI is InChI=1S/C15H21NO2/c1-11-4-7-13(15(8-11)18-3)14(17)10-16(2)9-12-5-6-12/h4,7-8,12H,5-6,9-10H2,1-3H3. The second-order valence-corrected chi connectivity index (χ2v) is 5.27. The second kappa shape index (κ2) is 5.53. The van der Waals surface area contributed by atoms with E-state index in [0.717, 1.165) is 18.0 Å². The minimum Gasteiger partial charge on any atom is -0.496 e. The molecule has 0 saturated heterocycles. The van der Waals surface area contributed by atoms with Crippen molar-refractivity contribution in [2.75, 3.05) is 27.2 Å². The van der Waals surface area contributed by atoms with Crippen LogP contribution in [-0.4, -0.2) is 37.9 Å². The lowest BCUT2D eigenvalue weighted by Crippen LogP contribution is -2.28. The Hall–Kier alpha value is -1.35. The van der Waals surface area contributed by atoms with E-state index in [9.17, 15) is 4.79 Å². The third-order valence-electron chi connectivity index (χ3n) is 3.34. The summed E-state index contributed by atoms with van der Waals surface area (Å²) in [5.41, 5.74) is 1.79. The minimum absolute atomic E-state index is 0.134. The molecule has 98 valence electrons. The van der Waals surface area contributed by atoms with Gasteiger partial charge in [-0.3, -0.25) is 9.69 Å². The van der Waals surface area contributed by atoms with E-state index in [0.29, 0.717) is 17.9 Å². The quantitative estimate of drug-likeness (QED) is 0.723. The molecule has 1 aliphatic carbocycles. The molecule has 0 aliphatic heterocycles. The Balaban J connectivity index is 2.02. The first-order chi connectivity index (χ1) is 8.60. The summed E-state index contributed by atoms with van der Waals surface area (Å²) in [4.78, 5) is 14.3. The largest absolute Gasteiger partial charge is 0.496 e. The van der Waals surface area contributed by atoms with Crippen LogP contribution < -0.4 is 4.74 Å². The van der Waals surface area contributed by atoms with Gasteiger partial charge in [-0.15, -0.1) is 0 Å². The zero-order valence-electron chi connectivity index (χ0n) is 11.4. The van der Waals surface area contributed by atoms with Crippen LogP contribution in [0.2, 0.25) is 0 Å². The lowest BCUT2D eigenvalue weighted by atomic mass is 10.1. The van der Waals surface area contributed by atoms with Crippen LogP contribution >= 0.6 is 0 Å². The van der Waals surface area contributed by atoms with Crippen LogP contribution in [0.5, 0.6) is 5.75 Å². The van der Waals surface area contributed by atoms with Crippen molar-refractivity contribution in [3.8, 4) is 5.75 Å². The van der Waals surface area contributed by atoms with Gasteiger partial charge in [0, 0.05) is 6.54 Å². The molecule has 3 heteroatoms. The fourth-order valence-corrected chi connectivity index (χ4v) is 2.16. The van der Waals surface area contributed by atoms with Crippen LogP contribution in [0.3, 0.4) is 0 Å². The number of nitrogens with zero attached hydrogens (tertiary/aromatic N) is 1. The van der Waals surface area contributed by atoms with Crippen LogP contribution in [-0.2, 0) is 0 Å². The van der Waals surface area contributed by atoms with E-state index in [1.807, 2.05) is 32.2 Å². The zero-order valence-corrected chi connectivity index (χ0v) is 11.4. The molecule has 0 bridgehead atoms. The molecule has 0 heterocycles. The summed E-state index contributed by atoms with van der Waals surface area (Å²) in [5, 5.41) is 0. The highest BCUT2D eigenvalue weighted by atomic mass is 16.5. The van der Waals surface area contributed by atoms with Crippen LogP contribution in [0.15, 0.2) is 18.2 Å². The second-order valence-electron chi connectivity index (χ2n) is 5.27. The summed E-state index contributed by atoms with van der Waals surface area (Å²) in [6, 6.07) is 5.73. The summed E-state index contributed by atoms with van der Waals surface area (Å²) in [6.45, 7) is 3.49. The SMILES string of the molecule is COc1cc(C)ccc1C(=O)CN(C)CC1CC1. The Labute approximate surface area is 109 Å². The molecule has 1 aromatic rings. The first-order valence-corrected chi connectivity index (χ1v) is 6.46. The first kappa shape index (κ1) is 13.1. The van der Waals surface area contributed by atoms with Crippen LogP contribution in [0, 0.1) is 12.8 Å². The van der Waals surface area contributed by atoms with E-state index >= 15 is 0 Å². The average Bonchev–Trinajstić information content (AvgIpc) is 3.12. The molecule has 2 rings (SSSR count). The van der Waals surface area contributed by atoms with Gasteiger partial charge < -0.3 is 4.74 Å². The fraction of sp³-hybridized carbons (Fsp3) is 0.533. The van der Waals surface area contributed by atoms with Gasteiger partial charge in [0.05, 0.1) is 19.2 Å². The maximum absolute atomic E-state index is 12.2. The van der Waals surface area contributed by atoms with Gasteiger partial charge in [0.15, 0.2) is 5.78 Å². The smallest absolute Gasteiger partial charge is 0.180 e. The number of aryl methyl sites for hydroxylation is 1. The number of ketones is 1. The Morgan fingerprint density at radius 1 is 1.44 bits per heavy atom. The summed E-state index contributed by atoms with van der Waals surface area (Å²) in [6.07, 6.45) is 2.62. The summed E-state index contributed by atoms with van der Waals surface area (Å²) < 4.78 is 5.28. The zero-order chi connectivity index (χ0) is 13.1. The van der Waals surface area contributed by atoms with Gasteiger partial charge in [0.1, 0.15) is 5.75 Å². The predicted octanol–water partition coefficient (Wildman–Crippen LogP) is 2.53. The lowest BCUT2D eigenvalue weighted by Gasteiger charge is -2.16. The third kappa shape index (κ3) is 3.33. The van der Waals surface area contributed by atoms with Crippen molar-refractivity contribution in [3.63, 3.8) is 0 Å². The van der Waals surface area contributed by atoms with Gasteiger partial charge in [-0.2, -0.15) is 0 Å². The summed E-state index contributed by atoms with van der Waals surface area (Å²) >= 11 is 0. The molecule has 0 N–H and O–H groups in total. The molecule has 0 radical (unpaired) electrons. The van der Waals surface area contributed by atoms with Gasteiger partial charge in [-0.25, -0.2) is 0 Å². The first-order valence-electron chi connectivity index (χ1n) is 6.46. The van der Waals surface area contributed by atoms with E-state index in [-0.39, 0.29) is 5.78 Å². The van der Waals surface area contributed by atoms with Gasteiger partial charge in [0.25, 0.3) is 0 Å². The number of ether oxygens (including phenoxy) is 1. The monoisotopic (exact) mass is 247 g/mol. The molecule has 1 aliphatic rings. The number of hydrogen-bond acceptors (Lipinski definition) is 3. The predicted molar refractivity (Wildman–Crippen MR) is 72.3 cm³/mol. The van der Waals surface area contributed by atoms with Crippen molar-refractivity contribution >= 4 is 5.78 Å². The van der Waals surface area contributed by atoms with E-state index in [1.165, 1.54) is 12.8 Å². The Morgan fingerprint density at radius 2 is 2.17 bits per heavy atom. The van der Waals surface area contributed by atoms with Crippen molar-refractivity contribution in [1.29, 1.82) is 0 Å². The number of methoxy groups -OCH3 is 1. The molecule has 3 nitrogen and oxygen atoms in total. The maximum Gasteiger partial charge on any atom is 0.180 e. The van der Waals surface area contributed by atoms with Crippen molar-refractivity contribution < 1.29 is 9.53 Å². The molecule has 0 spiro atoms. The summed E-state index contributed by atoms with van der Waals surface area (Å²) in [5.74, 6) is 1.62. The van der Waals surface area contributed by atoms with Gasteiger partial charge in [0.2, 0.25) is 0 Å². The molecule has 0 aromatic heterocycles. The van der Waals surface area contributed by atoms with Crippen LogP contribution in [0.4, 0.5) is 0 Å². The molecular weight excluding hydrogens is 226 g/mol. The molecule has 1 saturated carbocycles. The van der Waals surface area contributed by atoms with Gasteiger partial charge in [-0.05, 0) is 50.4 Å². The maximum atomic E-state index is 12.2. The highest BCUT2D eigenvalue weighted by Gasteiger charge is 2.24. The minimum atomic E-state index is 0.134. The van der Waals surface area contributed by atoms with Crippen LogP contribution in [0.25, 0.3) is 0 Å². The fourth-order valence-electron chi connectivity index (χ4n) is 2.16. The highest BCUT2D eigenvalue weighted by molar-refractivity contribution is 6.00. The Morgan fingerprint density at radius 3 is 2.78 bits per heavy atom. The number of likely N-dealkylation sites (N-methyl/N-ethyl adjacent to an activating group) is 1. The molecule has 0 atom stereocenters. The van der Waals surface area contributed by atoms with Gasteiger partial charge in [-0.1, -0.05) is 6.07 Å². The Kier molecular flexibility index (Phi) is 4.02. The lowest BCUT2D eigenvalue weighted by molar-refractivity contribution is 0.0941. The number of carbonyl (C=O) groups excluding carboxylic acids is 1. The van der Waals surface area contributed by atoms with Crippen molar-refractivity contribution in [1.82, 2.24) is 4.90 Å². The van der Waals surface area contributed by atoms with E-state index in [4.69, 9.17) is 4.74 Å². The Bertz CT molecular complexity index is 438. The average molecular weight is 247 g/mol. The number of benzene rings is 1. The number of hydrogen-bond donors (Lipinski definition) is 0. The van der Waals surface area contributed by atoms with Crippen molar-refractivity contribution in [3.05, 3.63) is 29.3 Å². The molecule has 1 aromatic carbocycles. The van der Waals surface area contributed by atoms with Crippen LogP contribution in [0.1, 0.15) is 28.8 Å². The number of rotatable bonds is 6. The third-order valence-corrected chi connectivity index (χ3v) is 3.34. The van der Waals surface area contributed by atoms with Crippen molar-refractivity contribution in [2.45, 2.75) is 19.8 Å². The summed E-state index contributed by atoms with van der Waals surface area (Å²) in [7, 11) is 3.62. The van der Waals surface area contributed by atoms with Gasteiger partial charge >= 0.3 is 0 Å². The topological polar surface area (TPSA) is 29.5 Å². The molecule has 0 amide bonds. The molecule has 1 fully saturated rings. The molecule has 18 heavy (non-hydrogen) atoms. The normalized spacial score (nSPS) is 14.9.